The van der Waals surface area contributed by atoms with Crippen LogP contribution in [0.4, 0.5) is 0 Å². The lowest BCUT2D eigenvalue weighted by Crippen LogP contribution is -2.32. The molecule has 6 heteroatoms. The summed E-state index contributed by atoms with van der Waals surface area (Å²) in [6.07, 6.45) is 0.276. The van der Waals surface area contributed by atoms with E-state index in [1.165, 1.54) is 11.8 Å². The van der Waals surface area contributed by atoms with Crippen molar-refractivity contribution in [3.8, 4) is 33.7 Å². The first-order valence-electron chi connectivity index (χ1n) is 11.5. The van der Waals surface area contributed by atoms with Gasteiger partial charge in [-0.05, 0) is 47.0 Å². The molecule has 5 aromatic rings. The van der Waals surface area contributed by atoms with Crippen molar-refractivity contribution in [2.75, 3.05) is 0 Å². The van der Waals surface area contributed by atoms with Gasteiger partial charge in [0.1, 0.15) is 11.7 Å². The molecule has 0 amide bonds. The van der Waals surface area contributed by atoms with Crippen molar-refractivity contribution in [2.45, 2.75) is 22.6 Å². The molecule has 0 bridgehead atoms. The Balaban J connectivity index is 1.44. The Morgan fingerprint density at radius 1 is 0.806 bits per heavy atom. The molecule has 0 spiro atoms. The van der Waals surface area contributed by atoms with Crippen LogP contribution in [0, 0.1) is 0 Å². The fourth-order valence-corrected chi connectivity index (χ4v) is 4.78. The Morgan fingerprint density at radius 2 is 1.42 bits per heavy atom. The van der Waals surface area contributed by atoms with E-state index in [1.807, 2.05) is 103 Å². The number of oxazole rings is 1. The third-order valence-electron chi connectivity index (χ3n) is 5.76. The smallest absolute Gasteiger partial charge is 0.320 e. The van der Waals surface area contributed by atoms with Gasteiger partial charge in [-0.15, -0.1) is 0 Å². The highest BCUT2D eigenvalue weighted by molar-refractivity contribution is 7.99. The Kier molecular flexibility index (Phi) is 6.98. The van der Waals surface area contributed by atoms with Crippen LogP contribution in [0.2, 0.25) is 0 Å². The van der Waals surface area contributed by atoms with Crippen molar-refractivity contribution < 1.29 is 14.3 Å². The largest absolute Gasteiger partial charge is 0.480 e. The van der Waals surface area contributed by atoms with E-state index in [1.54, 1.807) is 0 Å². The maximum atomic E-state index is 11.1. The second kappa shape index (κ2) is 10.6. The molecule has 4 aromatic carbocycles. The maximum absolute atomic E-state index is 11.1. The number of hydrogen-bond acceptors (Lipinski definition) is 5. The van der Waals surface area contributed by atoms with E-state index in [2.05, 4.69) is 6.07 Å². The summed E-state index contributed by atoms with van der Waals surface area (Å²) in [6.45, 7) is 0. The average molecular weight is 493 g/mol. The number of benzene rings is 4. The van der Waals surface area contributed by atoms with Gasteiger partial charge in [-0.25, -0.2) is 4.98 Å². The summed E-state index contributed by atoms with van der Waals surface area (Å²) in [6, 6.07) is 35.0. The summed E-state index contributed by atoms with van der Waals surface area (Å²) in [5, 5.41) is 9.69. The zero-order valence-corrected chi connectivity index (χ0v) is 20.2. The van der Waals surface area contributed by atoms with Crippen molar-refractivity contribution >= 4 is 17.7 Å². The van der Waals surface area contributed by atoms with Gasteiger partial charge >= 0.3 is 5.97 Å². The lowest BCUT2D eigenvalue weighted by atomic mass is 10.00. The van der Waals surface area contributed by atoms with Crippen LogP contribution in [0.15, 0.2) is 124 Å². The molecular weight excluding hydrogens is 468 g/mol. The predicted molar refractivity (Wildman–Crippen MR) is 143 cm³/mol. The first-order chi connectivity index (χ1) is 17.6. The van der Waals surface area contributed by atoms with Crippen molar-refractivity contribution in [1.82, 2.24) is 4.98 Å². The highest BCUT2D eigenvalue weighted by Crippen LogP contribution is 2.38. The fourth-order valence-electron chi connectivity index (χ4n) is 3.98. The van der Waals surface area contributed by atoms with E-state index in [0.29, 0.717) is 5.22 Å². The van der Waals surface area contributed by atoms with E-state index in [4.69, 9.17) is 20.2 Å². The van der Waals surface area contributed by atoms with Crippen LogP contribution < -0.4 is 5.73 Å². The summed E-state index contributed by atoms with van der Waals surface area (Å²) in [7, 11) is 0. The predicted octanol–water partition coefficient (Wildman–Crippen LogP) is 6.78. The summed E-state index contributed by atoms with van der Waals surface area (Å²) in [4.78, 5) is 17.0. The minimum atomic E-state index is -1.01. The zero-order chi connectivity index (χ0) is 24.9. The summed E-state index contributed by atoms with van der Waals surface area (Å²) in [5.74, 6) is -0.266. The van der Waals surface area contributed by atoms with Gasteiger partial charge in [-0.2, -0.15) is 0 Å². The number of rotatable bonds is 8. The normalized spacial score (nSPS) is 11.8. The van der Waals surface area contributed by atoms with Crippen molar-refractivity contribution in [1.29, 1.82) is 0 Å². The molecular formula is C30H24N2O3S. The molecule has 1 aromatic heterocycles. The topological polar surface area (TPSA) is 89.4 Å². The van der Waals surface area contributed by atoms with Crippen LogP contribution >= 0.6 is 11.8 Å². The van der Waals surface area contributed by atoms with Crippen LogP contribution in [-0.4, -0.2) is 22.1 Å². The number of aromatic nitrogens is 1. The van der Waals surface area contributed by atoms with Gasteiger partial charge in [0.2, 0.25) is 0 Å². The summed E-state index contributed by atoms with van der Waals surface area (Å²) >= 11 is 1.46. The van der Waals surface area contributed by atoms with Crippen LogP contribution in [0.25, 0.3) is 33.7 Å². The van der Waals surface area contributed by atoms with Crippen LogP contribution in [-0.2, 0) is 11.2 Å². The van der Waals surface area contributed by atoms with Gasteiger partial charge in [0.15, 0.2) is 5.76 Å². The quantitative estimate of drug-likeness (QED) is 0.248. The van der Waals surface area contributed by atoms with Crippen molar-refractivity contribution in [3.05, 3.63) is 115 Å². The minimum absolute atomic E-state index is 0.276. The molecule has 0 aliphatic heterocycles. The number of nitrogens with zero attached hydrogens (tertiary/aromatic N) is 1. The Labute approximate surface area is 213 Å². The monoisotopic (exact) mass is 492 g/mol. The second-order valence-electron chi connectivity index (χ2n) is 8.37. The van der Waals surface area contributed by atoms with Crippen LogP contribution in [0.3, 0.4) is 0 Å². The molecule has 5 rings (SSSR count). The molecule has 0 aliphatic carbocycles. The first kappa shape index (κ1) is 23.6. The highest BCUT2D eigenvalue weighted by atomic mass is 32.2. The lowest BCUT2D eigenvalue weighted by Gasteiger charge is -2.09. The molecule has 3 N–H and O–H groups in total. The molecule has 0 saturated carbocycles. The van der Waals surface area contributed by atoms with Gasteiger partial charge in [0, 0.05) is 16.0 Å². The summed E-state index contributed by atoms with van der Waals surface area (Å²) in [5.41, 5.74) is 11.4. The van der Waals surface area contributed by atoms with E-state index < -0.39 is 12.0 Å². The average Bonchev–Trinajstić information content (AvgIpc) is 3.34. The molecule has 178 valence electrons. The van der Waals surface area contributed by atoms with Gasteiger partial charge in [-0.1, -0.05) is 97.1 Å². The molecule has 0 fully saturated rings. The Morgan fingerprint density at radius 3 is 2.11 bits per heavy atom. The number of hydrogen-bond donors (Lipinski definition) is 2. The standard InChI is InChI=1S/C30H24N2O3S/c31-26(29(33)34)18-20-9-7-14-23(17-20)24-15-8-16-25(19-24)36-30-32-27(21-10-3-1-4-11-21)28(35-30)22-12-5-2-6-13-22/h1-17,19,26H,18,31H2,(H,33,34). The molecule has 0 radical (unpaired) electrons. The van der Waals surface area contributed by atoms with Crippen LogP contribution in [0.5, 0.6) is 0 Å². The molecule has 5 nitrogen and oxygen atoms in total. The third kappa shape index (κ3) is 5.40. The number of aliphatic carboxylic acids is 1. The van der Waals surface area contributed by atoms with E-state index >= 15 is 0 Å². The molecule has 1 atom stereocenters. The highest BCUT2D eigenvalue weighted by Gasteiger charge is 2.18. The van der Waals surface area contributed by atoms with E-state index in [-0.39, 0.29) is 6.42 Å². The first-order valence-corrected chi connectivity index (χ1v) is 12.4. The number of carbonyl (C=O) groups is 1. The van der Waals surface area contributed by atoms with Gasteiger partial charge < -0.3 is 15.3 Å². The van der Waals surface area contributed by atoms with Gasteiger partial charge in [0.25, 0.3) is 5.22 Å². The minimum Gasteiger partial charge on any atom is -0.480 e. The van der Waals surface area contributed by atoms with Gasteiger partial charge in [0.05, 0.1) is 0 Å². The third-order valence-corrected chi connectivity index (χ3v) is 6.60. The molecule has 36 heavy (non-hydrogen) atoms. The molecule has 1 unspecified atom stereocenters. The van der Waals surface area contributed by atoms with Crippen molar-refractivity contribution in [2.24, 2.45) is 5.73 Å². The maximum Gasteiger partial charge on any atom is 0.320 e. The molecule has 0 aliphatic rings. The molecule has 0 saturated heterocycles. The second-order valence-corrected chi connectivity index (χ2v) is 9.39. The number of carboxylic acid groups (broad SMARTS) is 1. The lowest BCUT2D eigenvalue weighted by molar-refractivity contribution is -0.138. The van der Waals surface area contributed by atoms with Crippen molar-refractivity contribution in [3.63, 3.8) is 0 Å². The van der Waals surface area contributed by atoms with E-state index in [0.717, 1.165) is 44.2 Å². The van der Waals surface area contributed by atoms with Gasteiger partial charge in [-0.3, -0.25) is 4.79 Å². The fraction of sp³-hybridized carbons (Fsp3) is 0.0667. The SMILES string of the molecule is NC(Cc1cccc(-c2cccc(Sc3nc(-c4ccccc4)c(-c4ccccc4)o3)c2)c1)C(=O)O. The number of nitrogens with two attached hydrogens (primary N) is 1. The Bertz CT molecular complexity index is 1430. The number of carboxylic acids is 1. The molecule has 1 heterocycles. The summed E-state index contributed by atoms with van der Waals surface area (Å²) < 4.78 is 6.27. The van der Waals surface area contributed by atoms with Crippen LogP contribution in [0.1, 0.15) is 5.56 Å². The van der Waals surface area contributed by atoms with E-state index in [9.17, 15) is 4.79 Å². The zero-order valence-electron chi connectivity index (χ0n) is 19.4. The Hall–Kier alpha value is -4.13.